The van der Waals surface area contributed by atoms with Crippen molar-refractivity contribution in [1.82, 2.24) is 19.8 Å². The highest BCUT2D eigenvalue weighted by Gasteiger charge is 2.56. The van der Waals surface area contributed by atoms with Crippen molar-refractivity contribution in [3.63, 3.8) is 0 Å². The van der Waals surface area contributed by atoms with Crippen molar-refractivity contribution < 1.29 is 9.18 Å². The van der Waals surface area contributed by atoms with Crippen LogP contribution in [0.15, 0.2) is 60.0 Å². The first-order valence-electron chi connectivity index (χ1n) is 12.4. The summed E-state index contributed by atoms with van der Waals surface area (Å²) < 4.78 is 14.2. The van der Waals surface area contributed by atoms with Crippen LogP contribution in [0.3, 0.4) is 0 Å². The fraction of sp³-hybridized carbons (Fsp3) is 0.429. The molecule has 1 saturated heterocycles. The Labute approximate surface area is 211 Å². The highest BCUT2D eigenvalue weighted by atomic mass is 19.1. The number of pyridine rings is 1. The van der Waals surface area contributed by atoms with Crippen LogP contribution in [0.4, 0.5) is 4.39 Å². The lowest BCUT2D eigenvalue weighted by molar-refractivity contribution is -0.136. The van der Waals surface area contributed by atoms with Gasteiger partial charge in [-0.2, -0.15) is 10.4 Å². The number of carbonyl (C=O) groups is 1. The summed E-state index contributed by atoms with van der Waals surface area (Å²) in [5.41, 5.74) is 2.02. The second kappa shape index (κ2) is 9.47. The number of likely N-dealkylation sites (N-methyl/N-ethyl adjacent to an activating group) is 1. The maximum absolute atomic E-state index is 14.2. The summed E-state index contributed by atoms with van der Waals surface area (Å²) in [4.78, 5) is 21.7. The second-order valence-corrected chi connectivity index (χ2v) is 10.5. The van der Waals surface area contributed by atoms with Gasteiger partial charge in [-0.05, 0) is 75.2 Å². The van der Waals surface area contributed by atoms with Crippen molar-refractivity contribution in [1.29, 1.82) is 5.26 Å². The molecule has 1 aliphatic carbocycles. The number of fused-ring (bicyclic) bond motifs is 1. The van der Waals surface area contributed by atoms with Gasteiger partial charge < -0.3 is 9.80 Å². The number of carbonyl (C=O) groups excluding carboxylic acids is 1. The molecule has 36 heavy (non-hydrogen) atoms. The third-order valence-electron chi connectivity index (χ3n) is 7.57. The molecular weight excluding hydrogens is 455 g/mol. The van der Waals surface area contributed by atoms with Gasteiger partial charge in [-0.1, -0.05) is 12.1 Å². The van der Waals surface area contributed by atoms with E-state index in [9.17, 15) is 14.4 Å². The molecule has 0 bridgehead atoms. The van der Waals surface area contributed by atoms with Gasteiger partial charge >= 0.3 is 0 Å². The van der Waals surface area contributed by atoms with Crippen LogP contribution in [-0.4, -0.2) is 76.7 Å². The molecule has 3 atom stereocenters. The van der Waals surface area contributed by atoms with Gasteiger partial charge in [0.15, 0.2) is 0 Å². The molecule has 1 aromatic heterocycles. The molecule has 8 heteroatoms. The summed E-state index contributed by atoms with van der Waals surface area (Å²) in [5.74, 6) is -0.210. The van der Waals surface area contributed by atoms with Crippen LogP contribution >= 0.6 is 0 Å². The normalized spacial score (nSPS) is 25.7. The molecule has 186 valence electrons. The Morgan fingerprint density at radius 2 is 2.03 bits per heavy atom. The molecule has 2 aromatic rings. The molecular formula is C28H31FN6O. The Hall–Kier alpha value is -3.57. The third kappa shape index (κ3) is 4.40. The van der Waals surface area contributed by atoms with Gasteiger partial charge in [0.1, 0.15) is 11.9 Å². The lowest BCUT2D eigenvalue weighted by Crippen LogP contribution is -2.65. The first-order valence-corrected chi connectivity index (χ1v) is 12.4. The zero-order chi connectivity index (χ0) is 25.4. The molecule has 3 unspecified atom stereocenters. The number of nitrogens with zero attached hydrogens (tertiary/aromatic N) is 6. The van der Waals surface area contributed by atoms with Gasteiger partial charge in [0.2, 0.25) is 5.91 Å². The van der Waals surface area contributed by atoms with E-state index in [-0.39, 0.29) is 23.4 Å². The fourth-order valence-electron chi connectivity index (χ4n) is 5.56. The minimum Gasteiger partial charge on any atom is -0.332 e. The van der Waals surface area contributed by atoms with Crippen molar-refractivity contribution in [2.24, 2.45) is 11.0 Å². The average Bonchev–Trinajstić information content (AvgIpc) is 3.66. The molecule has 0 spiro atoms. The van der Waals surface area contributed by atoms with E-state index in [0.717, 1.165) is 29.7 Å². The molecule has 3 heterocycles. The van der Waals surface area contributed by atoms with E-state index in [2.05, 4.69) is 16.9 Å². The number of amides is 1. The van der Waals surface area contributed by atoms with E-state index in [1.54, 1.807) is 30.6 Å². The van der Waals surface area contributed by atoms with Crippen LogP contribution < -0.4 is 0 Å². The molecule has 2 fully saturated rings. The highest BCUT2D eigenvalue weighted by molar-refractivity contribution is 6.07. The van der Waals surface area contributed by atoms with Crippen molar-refractivity contribution in [2.75, 3.05) is 33.7 Å². The van der Waals surface area contributed by atoms with Gasteiger partial charge in [-0.15, -0.1) is 0 Å². The molecule has 0 N–H and O–H groups in total. The largest absolute Gasteiger partial charge is 0.332 e. The van der Waals surface area contributed by atoms with Crippen molar-refractivity contribution in [3.8, 4) is 6.07 Å². The van der Waals surface area contributed by atoms with Gasteiger partial charge in [-0.25, -0.2) is 4.39 Å². The van der Waals surface area contributed by atoms with E-state index >= 15 is 0 Å². The smallest absolute Gasteiger partial charge is 0.246 e. The number of hydrogen-bond acceptors (Lipinski definition) is 6. The zero-order valence-corrected chi connectivity index (χ0v) is 20.9. The number of aromatic nitrogens is 1. The molecule has 3 aliphatic rings. The maximum atomic E-state index is 14.2. The Kier molecular flexibility index (Phi) is 6.35. The number of rotatable bonds is 6. The van der Waals surface area contributed by atoms with E-state index in [0.29, 0.717) is 25.6 Å². The number of hydrogen-bond donors (Lipinski definition) is 0. The standard InChI is InChI=1S/C28H31FN6O/c1-28-18-34(25(36)5-4-14-33(2)3)24(19-6-7-19)17-35(28)32-27(26(28)20-10-12-31-13-11-20)21-8-9-23(29)22(15-21)16-30/h4-5,8-13,15,19,24,26H,6-7,14,17-18H2,1-3H3/b5-4+. The predicted molar refractivity (Wildman–Crippen MR) is 136 cm³/mol. The predicted octanol–water partition coefficient (Wildman–Crippen LogP) is 3.39. The monoisotopic (exact) mass is 486 g/mol. The summed E-state index contributed by atoms with van der Waals surface area (Å²) in [6.45, 7) is 4.02. The van der Waals surface area contributed by atoms with E-state index in [1.165, 1.54) is 6.07 Å². The molecule has 7 nitrogen and oxygen atoms in total. The van der Waals surface area contributed by atoms with Crippen LogP contribution in [0.1, 0.15) is 42.4 Å². The van der Waals surface area contributed by atoms with Crippen molar-refractivity contribution >= 4 is 11.6 Å². The van der Waals surface area contributed by atoms with Crippen LogP contribution in [-0.2, 0) is 4.79 Å². The Morgan fingerprint density at radius 1 is 1.28 bits per heavy atom. The molecule has 5 rings (SSSR count). The Morgan fingerprint density at radius 3 is 2.69 bits per heavy atom. The summed E-state index contributed by atoms with van der Waals surface area (Å²) in [6, 6.07) is 10.6. The molecule has 0 radical (unpaired) electrons. The maximum Gasteiger partial charge on any atom is 0.246 e. The van der Waals surface area contributed by atoms with Crippen molar-refractivity contribution in [3.05, 3.63) is 77.4 Å². The van der Waals surface area contributed by atoms with E-state index < -0.39 is 11.4 Å². The van der Waals surface area contributed by atoms with E-state index in [4.69, 9.17) is 5.10 Å². The van der Waals surface area contributed by atoms with Gasteiger partial charge in [-0.3, -0.25) is 14.8 Å². The Balaban J connectivity index is 1.55. The lowest BCUT2D eigenvalue weighted by Gasteiger charge is -2.51. The van der Waals surface area contributed by atoms with Gasteiger partial charge in [0, 0.05) is 31.6 Å². The average molecular weight is 487 g/mol. The molecule has 1 amide bonds. The minimum absolute atomic E-state index is 0.00241. The summed E-state index contributed by atoms with van der Waals surface area (Å²) >= 11 is 0. The van der Waals surface area contributed by atoms with Crippen molar-refractivity contribution in [2.45, 2.75) is 37.3 Å². The summed E-state index contributed by atoms with van der Waals surface area (Å²) in [5, 5.41) is 16.7. The topological polar surface area (TPSA) is 75.8 Å². The Bertz CT molecular complexity index is 1250. The fourth-order valence-corrected chi connectivity index (χ4v) is 5.56. The van der Waals surface area contributed by atoms with Crippen LogP contribution in [0.5, 0.6) is 0 Å². The van der Waals surface area contributed by atoms with Gasteiger partial charge in [0.05, 0.1) is 35.3 Å². The number of hydrazone groups is 1. The number of halogens is 1. The second-order valence-electron chi connectivity index (χ2n) is 10.5. The zero-order valence-electron chi connectivity index (χ0n) is 20.9. The summed E-state index contributed by atoms with van der Waals surface area (Å²) in [6.07, 6.45) is 9.37. The third-order valence-corrected chi connectivity index (χ3v) is 7.57. The van der Waals surface area contributed by atoms with Crippen LogP contribution in [0, 0.1) is 23.1 Å². The molecule has 1 saturated carbocycles. The number of nitriles is 1. The number of piperazine rings is 1. The first-order chi connectivity index (χ1) is 17.3. The highest BCUT2D eigenvalue weighted by Crippen LogP contribution is 2.48. The number of benzene rings is 1. The van der Waals surface area contributed by atoms with Crippen LogP contribution in [0.2, 0.25) is 0 Å². The quantitative estimate of drug-likeness (QED) is 0.585. The van der Waals surface area contributed by atoms with E-state index in [1.807, 2.05) is 48.2 Å². The first kappa shape index (κ1) is 24.1. The lowest BCUT2D eigenvalue weighted by atomic mass is 9.74. The summed E-state index contributed by atoms with van der Waals surface area (Å²) in [7, 11) is 3.96. The molecule has 1 aromatic carbocycles. The van der Waals surface area contributed by atoms with Crippen LogP contribution in [0.25, 0.3) is 0 Å². The minimum atomic E-state index is -0.542. The molecule has 2 aliphatic heterocycles. The SMILES string of the molecule is CN(C)C/C=C/C(=O)N1CC2(C)C(c3ccncc3)C(c3ccc(F)c(C#N)c3)=NN2CC1C1CC1. The van der Waals surface area contributed by atoms with Gasteiger partial charge in [0.25, 0.3) is 0 Å².